The van der Waals surface area contributed by atoms with E-state index in [4.69, 9.17) is 4.42 Å². The van der Waals surface area contributed by atoms with Gasteiger partial charge in [-0.1, -0.05) is 146 Å². The number of nitrogens with zero attached hydrogens (tertiary/aromatic N) is 1. The molecule has 0 N–H and O–H groups in total. The standard InChI is InChI=1S/C50H33NO/c1-2-11-37(12-3-1)44-14-6-8-16-47(44)51(42-26-20-35(21-27-42)39-19-18-34-10-4-5-13-38(34)32-39)43-28-22-36(23-29-43)40-24-30-45-41(33-40)25-31-49-50(45)46-15-7-9-17-48(46)52-49/h1-33H. The van der Waals surface area contributed by atoms with E-state index in [1.165, 1.54) is 60.3 Å². The van der Waals surface area contributed by atoms with E-state index in [1.54, 1.807) is 0 Å². The fraction of sp³-hybridized carbons (Fsp3) is 0. The summed E-state index contributed by atoms with van der Waals surface area (Å²) in [6, 6.07) is 71.8. The summed E-state index contributed by atoms with van der Waals surface area (Å²) in [5.41, 5.74) is 12.3. The largest absolute Gasteiger partial charge is 0.456 e. The van der Waals surface area contributed by atoms with Crippen LogP contribution in [0.1, 0.15) is 0 Å². The summed E-state index contributed by atoms with van der Waals surface area (Å²) in [6.07, 6.45) is 0. The van der Waals surface area contributed by atoms with E-state index in [2.05, 4.69) is 193 Å². The molecule has 0 atom stereocenters. The molecule has 1 aromatic heterocycles. The van der Waals surface area contributed by atoms with Crippen LogP contribution in [0, 0.1) is 0 Å². The molecule has 1 heterocycles. The van der Waals surface area contributed by atoms with Gasteiger partial charge in [-0.3, -0.25) is 0 Å². The lowest BCUT2D eigenvalue weighted by molar-refractivity contribution is 0.669. The van der Waals surface area contributed by atoms with Gasteiger partial charge < -0.3 is 9.32 Å². The van der Waals surface area contributed by atoms with Crippen molar-refractivity contribution in [2.24, 2.45) is 0 Å². The average Bonchev–Trinajstić information content (AvgIpc) is 3.61. The van der Waals surface area contributed by atoms with Crippen molar-refractivity contribution in [3.63, 3.8) is 0 Å². The molecule has 0 radical (unpaired) electrons. The lowest BCUT2D eigenvalue weighted by Gasteiger charge is -2.28. The second-order valence-corrected chi connectivity index (χ2v) is 13.3. The van der Waals surface area contributed by atoms with Gasteiger partial charge in [0.1, 0.15) is 11.2 Å². The van der Waals surface area contributed by atoms with Crippen molar-refractivity contribution >= 4 is 60.5 Å². The summed E-state index contributed by atoms with van der Waals surface area (Å²) in [6.45, 7) is 0. The number of furan rings is 1. The molecule has 0 unspecified atom stereocenters. The molecule has 0 aliphatic carbocycles. The van der Waals surface area contributed by atoms with Gasteiger partial charge in [-0.25, -0.2) is 0 Å². The molecule has 0 saturated heterocycles. The topological polar surface area (TPSA) is 16.4 Å². The summed E-state index contributed by atoms with van der Waals surface area (Å²) < 4.78 is 6.16. The zero-order valence-electron chi connectivity index (χ0n) is 28.4. The highest BCUT2D eigenvalue weighted by Crippen LogP contribution is 2.42. The van der Waals surface area contributed by atoms with Crippen LogP contribution in [0.25, 0.3) is 76.9 Å². The van der Waals surface area contributed by atoms with Gasteiger partial charge in [0, 0.05) is 27.7 Å². The van der Waals surface area contributed by atoms with Crippen molar-refractivity contribution in [2.75, 3.05) is 4.90 Å². The van der Waals surface area contributed by atoms with Crippen LogP contribution in [0.2, 0.25) is 0 Å². The van der Waals surface area contributed by atoms with Crippen molar-refractivity contribution in [2.45, 2.75) is 0 Å². The number of benzene rings is 9. The van der Waals surface area contributed by atoms with Gasteiger partial charge in [-0.15, -0.1) is 0 Å². The fourth-order valence-electron chi connectivity index (χ4n) is 7.67. The van der Waals surface area contributed by atoms with E-state index in [0.717, 1.165) is 33.6 Å². The fourth-order valence-corrected chi connectivity index (χ4v) is 7.67. The summed E-state index contributed by atoms with van der Waals surface area (Å²) in [5.74, 6) is 0. The molecule has 10 rings (SSSR count). The number of hydrogen-bond acceptors (Lipinski definition) is 2. The van der Waals surface area contributed by atoms with Gasteiger partial charge in [0.25, 0.3) is 0 Å². The zero-order valence-corrected chi connectivity index (χ0v) is 28.4. The summed E-state index contributed by atoms with van der Waals surface area (Å²) in [7, 11) is 0. The molecule has 2 heteroatoms. The van der Waals surface area contributed by atoms with E-state index in [0.29, 0.717) is 0 Å². The van der Waals surface area contributed by atoms with Gasteiger partial charge in [-0.2, -0.15) is 0 Å². The second kappa shape index (κ2) is 12.5. The number of para-hydroxylation sites is 2. The molecule has 0 aliphatic rings. The summed E-state index contributed by atoms with van der Waals surface area (Å²) in [5, 5.41) is 7.24. The molecular weight excluding hydrogens is 631 g/mol. The van der Waals surface area contributed by atoms with E-state index >= 15 is 0 Å². The van der Waals surface area contributed by atoms with Crippen LogP contribution in [-0.2, 0) is 0 Å². The number of anilines is 3. The van der Waals surface area contributed by atoms with E-state index < -0.39 is 0 Å². The third-order valence-corrected chi connectivity index (χ3v) is 10.3. The molecule has 0 spiro atoms. The number of hydrogen-bond donors (Lipinski definition) is 0. The van der Waals surface area contributed by atoms with Crippen LogP contribution in [0.3, 0.4) is 0 Å². The zero-order chi connectivity index (χ0) is 34.4. The second-order valence-electron chi connectivity index (χ2n) is 13.3. The number of fused-ring (bicyclic) bond motifs is 6. The van der Waals surface area contributed by atoms with E-state index in [-0.39, 0.29) is 0 Å². The van der Waals surface area contributed by atoms with Gasteiger partial charge in [0.2, 0.25) is 0 Å². The molecule has 0 amide bonds. The monoisotopic (exact) mass is 663 g/mol. The normalized spacial score (nSPS) is 11.5. The average molecular weight is 664 g/mol. The Balaban J connectivity index is 1.05. The van der Waals surface area contributed by atoms with Crippen molar-refractivity contribution < 1.29 is 4.42 Å². The molecular formula is C50H33NO. The Morgan fingerprint density at radius 2 is 0.904 bits per heavy atom. The highest BCUT2D eigenvalue weighted by molar-refractivity contribution is 6.19. The third-order valence-electron chi connectivity index (χ3n) is 10.3. The minimum Gasteiger partial charge on any atom is -0.456 e. The maximum atomic E-state index is 6.16. The molecule has 2 nitrogen and oxygen atoms in total. The molecule has 244 valence electrons. The maximum absolute atomic E-state index is 6.16. The summed E-state index contributed by atoms with van der Waals surface area (Å²) >= 11 is 0. The quantitative estimate of drug-likeness (QED) is 0.176. The van der Waals surface area contributed by atoms with E-state index in [9.17, 15) is 0 Å². The Morgan fingerprint density at radius 1 is 0.327 bits per heavy atom. The molecule has 52 heavy (non-hydrogen) atoms. The molecule has 0 fully saturated rings. The van der Waals surface area contributed by atoms with Crippen LogP contribution >= 0.6 is 0 Å². The Hall–Kier alpha value is -6.90. The Labute approximate surface area is 302 Å². The first-order valence-electron chi connectivity index (χ1n) is 17.8. The van der Waals surface area contributed by atoms with Gasteiger partial charge in [0.05, 0.1) is 5.69 Å². The molecule has 10 aromatic rings. The van der Waals surface area contributed by atoms with E-state index in [1.807, 2.05) is 12.1 Å². The number of rotatable bonds is 6. The Kier molecular flexibility index (Phi) is 7.18. The predicted octanol–water partition coefficient (Wildman–Crippen LogP) is 14.4. The van der Waals surface area contributed by atoms with Crippen molar-refractivity contribution in [1.82, 2.24) is 0 Å². The van der Waals surface area contributed by atoms with Crippen molar-refractivity contribution in [1.29, 1.82) is 0 Å². The van der Waals surface area contributed by atoms with Crippen LogP contribution in [0.4, 0.5) is 17.1 Å². The maximum Gasteiger partial charge on any atom is 0.136 e. The van der Waals surface area contributed by atoms with Crippen molar-refractivity contribution in [3.05, 3.63) is 200 Å². The molecule has 9 aromatic carbocycles. The van der Waals surface area contributed by atoms with Crippen LogP contribution in [0.15, 0.2) is 205 Å². The highest BCUT2D eigenvalue weighted by atomic mass is 16.3. The van der Waals surface area contributed by atoms with Crippen LogP contribution in [0.5, 0.6) is 0 Å². The van der Waals surface area contributed by atoms with Crippen LogP contribution in [-0.4, -0.2) is 0 Å². The first-order chi connectivity index (χ1) is 25.8. The highest BCUT2D eigenvalue weighted by Gasteiger charge is 2.18. The minimum absolute atomic E-state index is 0.923. The first kappa shape index (κ1) is 30.0. The molecule has 0 saturated carbocycles. The van der Waals surface area contributed by atoms with Crippen molar-refractivity contribution in [3.8, 4) is 33.4 Å². The predicted molar refractivity (Wildman–Crippen MR) is 220 cm³/mol. The molecule has 0 bridgehead atoms. The van der Waals surface area contributed by atoms with Gasteiger partial charge in [-0.05, 0) is 104 Å². The Morgan fingerprint density at radius 3 is 1.67 bits per heavy atom. The SMILES string of the molecule is c1ccc(-c2ccccc2N(c2ccc(-c3ccc4ccccc4c3)cc2)c2ccc(-c3ccc4c(ccc5oc6ccccc6c54)c3)cc2)cc1. The van der Waals surface area contributed by atoms with Gasteiger partial charge >= 0.3 is 0 Å². The lowest BCUT2D eigenvalue weighted by Crippen LogP contribution is -2.11. The third kappa shape index (κ3) is 5.21. The smallest absolute Gasteiger partial charge is 0.136 e. The lowest BCUT2D eigenvalue weighted by atomic mass is 9.97. The minimum atomic E-state index is 0.923. The Bertz CT molecular complexity index is 2890. The molecule has 0 aliphatic heterocycles. The summed E-state index contributed by atoms with van der Waals surface area (Å²) in [4.78, 5) is 2.37. The van der Waals surface area contributed by atoms with Crippen LogP contribution < -0.4 is 4.90 Å². The first-order valence-corrected chi connectivity index (χ1v) is 17.8. The van der Waals surface area contributed by atoms with Gasteiger partial charge in [0.15, 0.2) is 0 Å².